The molecule has 2 N–H and O–H groups in total. The van der Waals surface area contributed by atoms with Crippen molar-refractivity contribution in [2.24, 2.45) is 0 Å². The van der Waals surface area contributed by atoms with Gasteiger partial charge in [-0.2, -0.15) is 0 Å². The molecule has 0 bridgehead atoms. The number of nitrogen functional groups attached to an aromatic ring is 1. The predicted molar refractivity (Wildman–Crippen MR) is 70.2 cm³/mol. The molecule has 4 heteroatoms. The summed E-state index contributed by atoms with van der Waals surface area (Å²) in [5, 5.41) is 0. The lowest BCUT2D eigenvalue weighted by Gasteiger charge is -2.17. The molecule has 0 fully saturated rings. The highest BCUT2D eigenvalue weighted by Crippen LogP contribution is 2.16. The number of hydrogen-bond donors (Lipinski definition) is 1. The number of benzene rings is 1. The maximum absolute atomic E-state index is 13.1. The maximum Gasteiger partial charge on any atom is 0.123 e. The van der Waals surface area contributed by atoms with Crippen molar-refractivity contribution in [3.63, 3.8) is 0 Å². The third-order valence-corrected chi connectivity index (χ3v) is 2.72. The number of rotatable bonds is 4. The van der Waals surface area contributed by atoms with Crippen molar-refractivity contribution in [2.45, 2.75) is 13.1 Å². The monoisotopic (exact) mass is 245 g/mol. The summed E-state index contributed by atoms with van der Waals surface area (Å²) in [6, 6.07) is 8.37. The standard InChI is InChI=1S/C14H16FN3/c1-18(9-11-3-2-6-17-8-11)10-12-7-13(15)4-5-14(12)16/h2-8H,9-10,16H2,1H3. The molecule has 0 spiro atoms. The zero-order chi connectivity index (χ0) is 13.0. The van der Waals surface area contributed by atoms with Crippen LogP contribution in [0.4, 0.5) is 10.1 Å². The van der Waals surface area contributed by atoms with Crippen molar-refractivity contribution < 1.29 is 4.39 Å². The van der Waals surface area contributed by atoms with E-state index in [9.17, 15) is 4.39 Å². The fraction of sp³-hybridized carbons (Fsp3) is 0.214. The first-order valence-corrected chi connectivity index (χ1v) is 5.76. The van der Waals surface area contributed by atoms with Crippen molar-refractivity contribution >= 4 is 5.69 Å². The van der Waals surface area contributed by atoms with E-state index in [1.165, 1.54) is 12.1 Å². The van der Waals surface area contributed by atoms with Gasteiger partial charge in [0.05, 0.1) is 0 Å². The molecule has 0 aliphatic heterocycles. The van der Waals surface area contributed by atoms with Gasteiger partial charge < -0.3 is 5.73 Å². The molecule has 0 radical (unpaired) electrons. The molecule has 94 valence electrons. The summed E-state index contributed by atoms with van der Waals surface area (Å²) in [7, 11) is 1.97. The minimum absolute atomic E-state index is 0.256. The molecule has 0 aliphatic carbocycles. The van der Waals surface area contributed by atoms with Gasteiger partial charge in [0, 0.05) is 31.2 Å². The topological polar surface area (TPSA) is 42.2 Å². The van der Waals surface area contributed by atoms with E-state index in [1.807, 2.05) is 25.4 Å². The van der Waals surface area contributed by atoms with Crippen molar-refractivity contribution in [3.05, 3.63) is 59.7 Å². The third kappa shape index (κ3) is 3.28. The van der Waals surface area contributed by atoms with E-state index < -0.39 is 0 Å². The van der Waals surface area contributed by atoms with Crippen LogP contribution in [0.5, 0.6) is 0 Å². The van der Waals surface area contributed by atoms with Crippen molar-refractivity contribution in [3.8, 4) is 0 Å². The van der Waals surface area contributed by atoms with E-state index in [4.69, 9.17) is 5.73 Å². The number of pyridine rings is 1. The summed E-state index contributed by atoms with van der Waals surface area (Å²) >= 11 is 0. The quantitative estimate of drug-likeness (QED) is 0.841. The van der Waals surface area contributed by atoms with Gasteiger partial charge in [0.25, 0.3) is 0 Å². The van der Waals surface area contributed by atoms with Gasteiger partial charge in [-0.15, -0.1) is 0 Å². The molecular weight excluding hydrogens is 229 g/mol. The van der Waals surface area contributed by atoms with E-state index in [0.717, 1.165) is 17.7 Å². The molecule has 2 rings (SSSR count). The Morgan fingerprint density at radius 3 is 2.83 bits per heavy atom. The number of aromatic nitrogens is 1. The average molecular weight is 245 g/mol. The number of nitrogens with two attached hydrogens (primary N) is 1. The Morgan fingerprint density at radius 1 is 1.28 bits per heavy atom. The number of anilines is 1. The third-order valence-electron chi connectivity index (χ3n) is 2.72. The Kier molecular flexibility index (Phi) is 3.89. The molecule has 0 saturated heterocycles. The number of hydrogen-bond acceptors (Lipinski definition) is 3. The second kappa shape index (κ2) is 5.60. The average Bonchev–Trinajstić information content (AvgIpc) is 2.35. The lowest BCUT2D eigenvalue weighted by Crippen LogP contribution is -2.18. The summed E-state index contributed by atoms with van der Waals surface area (Å²) in [5.41, 5.74) is 8.37. The van der Waals surface area contributed by atoms with E-state index in [1.54, 1.807) is 12.3 Å². The van der Waals surface area contributed by atoms with Gasteiger partial charge in [-0.05, 0) is 42.4 Å². The zero-order valence-corrected chi connectivity index (χ0v) is 10.3. The van der Waals surface area contributed by atoms with Gasteiger partial charge in [0.15, 0.2) is 0 Å². The van der Waals surface area contributed by atoms with E-state index in [2.05, 4.69) is 9.88 Å². The SMILES string of the molecule is CN(Cc1cccnc1)Cc1cc(F)ccc1N. The van der Waals surface area contributed by atoms with Crippen LogP contribution < -0.4 is 5.73 Å². The molecule has 0 unspecified atom stereocenters. The second-order valence-electron chi connectivity index (χ2n) is 4.38. The Bertz CT molecular complexity index is 514. The van der Waals surface area contributed by atoms with Crippen LogP contribution in [-0.2, 0) is 13.1 Å². The smallest absolute Gasteiger partial charge is 0.123 e. The van der Waals surface area contributed by atoms with Crippen LogP contribution in [0.3, 0.4) is 0 Å². The Morgan fingerprint density at radius 2 is 2.11 bits per heavy atom. The van der Waals surface area contributed by atoms with Crippen molar-refractivity contribution in [1.29, 1.82) is 0 Å². The van der Waals surface area contributed by atoms with Crippen molar-refractivity contribution in [2.75, 3.05) is 12.8 Å². The predicted octanol–water partition coefficient (Wildman–Crippen LogP) is 2.43. The molecule has 1 heterocycles. The Balaban J connectivity index is 2.03. The lowest BCUT2D eigenvalue weighted by molar-refractivity contribution is 0.319. The maximum atomic E-state index is 13.1. The van der Waals surface area contributed by atoms with Crippen LogP contribution in [0.1, 0.15) is 11.1 Å². The molecule has 2 aromatic rings. The van der Waals surface area contributed by atoms with Crippen LogP contribution in [0, 0.1) is 5.82 Å². The zero-order valence-electron chi connectivity index (χ0n) is 10.3. The first-order valence-electron chi connectivity index (χ1n) is 5.76. The normalized spacial score (nSPS) is 10.8. The number of halogens is 1. The van der Waals surface area contributed by atoms with Gasteiger partial charge in [-0.1, -0.05) is 6.07 Å². The van der Waals surface area contributed by atoms with E-state index >= 15 is 0 Å². The van der Waals surface area contributed by atoms with Gasteiger partial charge in [0.2, 0.25) is 0 Å². The molecule has 1 aromatic carbocycles. The minimum atomic E-state index is -0.256. The van der Waals surface area contributed by atoms with Crippen LogP contribution >= 0.6 is 0 Å². The highest BCUT2D eigenvalue weighted by molar-refractivity contribution is 5.46. The summed E-state index contributed by atoms with van der Waals surface area (Å²) in [5.74, 6) is -0.256. The van der Waals surface area contributed by atoms with Crippen molar-refractivity contribution in [1.82, 2.24) is 9.88 Å². The lowest BCUT2D eigenvalue weighted by atomic mass is 10.1. The van der Waals surface area contributed by atoms with Crippen LogP contribution in [-0.4, -0.2) is 16.9 Å². The Labute approximate surface area is 106 Å². The van der Waals surface area contributed by atoms with Gasteiger partial charge in [0.1, 0.15) is 5.82 Å². The summed E-state index contributed by atoms with van der Waals surface area (Å²) in [6.07, 6.45) is 3.57. The molecule has 0 amide bonds. The highest BCUT2D eigenvalue weighted by Gasteiger charge is 2.06. The van der Waals surface area contributed by atoms with Gasteiger partial charge >= 0.3 is 0 Å². The van der Waals surface area contributed by atoms with Gasteiger partial charge in [-0.3, -0.25) is 9.88 Å². The molecule has 1 aromatic heterocycles. The molecular formula is C14H16FN3. The van der Waals surface area contributed by atoms with Gasteiger partial charge in [-0.25, -0.2) is 4.39 Å². The second-order valence-corrected chi connectivity index (χ2v) is 4.38. The summed E-state index contributed by atoms with van der Waals surface area (Å²) in [4.78, 5) is 6.14. The fourth-order valence-electron chi connectivity index (χ4n) is 1.86. The summed E-state index contributed by atoms with van der Waals surface area (Å²) in [6.45, 7) is 1.36. The highest BCUT2D eigenvalue weighted by atomic mass is 19.1. The molecule has 3 nitrogen and oxygen atoms in total. The van der Waals surface area contributed by atoms with E-state index in [0.29, 0.717) is 12.2 Å². The summed E-state index contributed by atoms with van der Waals surface area (Å²) < 4.78 is 13.1. The first-order chi connectivity index (χ1) is 8.65. The molecule has 0 saturated carbocycles. The first kappa shape index (κ1) is 12.5. The van der Waals surface area contributed by atoms with Crippen LogP contribution in [0.2, 0.25) is 0 Å². The van der Waals surface area contributed by atoms with Crippen LogP contribution in [0.25, 0.3) is 0 Å². The molecule has 0 aliphatic rings. The largest absolute Gasteiger partial charge is 0.398 e. The minimum Gasteiger partial charge on any atom is -0.398 e. The Hall–Kier alpha value is -1.94. The molecule has 18 heavy (non-hydrogen) atoms. The van der Waals surface area contributed by atoms with E-state index in [-0.39, 0.29) is 5.82 Å². The fourth-order valence-corrected chi connectivity index (χ4v) is 1.86. The number of nitrogens with zero attached hydrogens (tertiary/aromatic N) is 2. The van der Waals surface area contributed by atoms with Crippen LogP contribution in [0.15, 0.2) is 42.7 Å². The molecule has 0 atom stereocenters.